The molecule has 4 atom stereocenters. The molecule has 3 aliphatic heterocycles. The van der Waals surface area contributed by atoms with E-state index in [1.165, 1.54) is 6.92 Å². The van der Waals surface area contributed by atoms with Crippen molar-refractivity contribution in [3.05, 3.63) is 239 Å². The number of hydrogen-bond donors (Lipinski definition) is 6. The molecule has 108 heavy (non-hydrogen) atoms. The highest BCUT2D eigenvalue weighted by molar-refractivity contribution is 6.31. The molecule has 0 radical (unpaired) electrons. The van der Waals surface area contributed by atoms with E-state index in [0.29, 0.717) is 106 Å². The molecule has 3 saturated heterocycles. The SMILES string of the molecule is CC1(C)OC[C@@H](CO)O1.Cc1cc(F)ccc1[N+](=O)[O-].Cc1cc(OC[C@@H]2COC(C)(C)O2)ccc1N.[C-]#[N+]c1cc(Cl)cc(Oc2cc(CC(=O)Nc3ccc(OC[C@@H](O)CO)cc3C)ccc2C)c1.[C-]#[N+]c1cc(Cl)cc(Oc2cc(CC(=O)Nc3ccc(OC[C@@H]4COC(C)(C)O4)cc3C)ccc2C)c1. The van der Waals surface area contributed by atoms with Crippen molar-refractivity contribution in [3.8, 4) is 40.2 Å². The van der Waals surface area contributed by atoms with Crippen LogP contribution in [0.2, 0.25) is 10.0 Å². The van der Waals surface area contributed by atoms with Gasteiger partial charge in [-0.05, 0) is 237 Å². The summed E-state index contributed by atoms with van der Waals surface area (Å²) in [7, 11) is 0. The van der Waals surface area contributed by atoms with Crippen LogP contribution in [0.3, 0.4) is 0 Å². The van der Waals surface area contributed by atoms with Gasteiger partial charge in [0, 0.05) is 38.7 Å². The number of aliphatic hydroxyl groups excluding tert-OH is 3. The number of amides is 2. The fraction of sp³-hybridized carbons (Fsp3) is 0.358. The van der Waals surface area contributed by atoms with Crippen molar-refractivity contribution < 1.29 is 86.3 Å². The number of carbonyl (C=O) groups is 2. The molecule has 3 fully saturated rings. The summed E-state index contributed by atoms with van der Waals surface area (Å²) in [6.45, 7) is 38.7. The van der Waals surface area contributed by atoms with Crippen LogP contribution < -0.4 is 40.1 Å². The molecule has 8 aromatic rings. The fourth-order valence-corrected chi connectivity index (χ4v) is 11.0. The lowest BCUT2D eigenvalue weighted by atomic mass is 10.1. The van der Waals surface area contributed by atoms with Gasteiger partial charge in [0.05, 0.1) is 63.9 Å². The van der Waals surface area contributed by atoms with E-state index in [-0.39, 0.29) is 68.5 Å². The Morgan fingerprint density at radius 2 is 0.991 bits per heavy atom. The van der Waals surface area contributed by atoms with E-state index in [1.54, 1.807) is 60.7 Å². The number of aryl methyl sites for hydroxylation is 6. The van der Waals surface area contributed by atoms with Gasteiger partial charge in [-0.15, -0.1) is 0 Å². The number of nitrogens with one attached hydrogen (secondary N) is 2. The number of nitro benzene ring substituents is 1. The molecule has 2 amide bonds. The number of anilines is 3. The molecule has 574 valence electrons. The average molecular weight is 1530 g/mol. The third-order valence-electron chi connectivity index (χ3n) is 16.1. The summed E-state index contributed by atoms with van der Waals surface area (Å²) in [5, 5.41) is 43.8. The maximum absolute atomic E-state index is 12.8. The van der Waals surface area contributed by atoms with Crippen LogP contribution in [0.15, 0.2) is 146 Å². The fourth-order valence-electron chi connectivity index (χ4n) is 10.5. The van der Waals surface area contributed by atoms with Gasteiger partial charge in [-0.2, -0.15) is 0 Å². The first-order valence-corrected chi connectivity index (χ1v) is 35.1. The maximum Gasteiger partial charge on any atom is 0.272 e. The predicted octanol–water partition coefficient (Wildman–Crippen LogP) is 16.5. The van der Waals surface area contributed by atoms with Gasteiger partial charge >= 0.3 is 0 Å². The molecule has 0 spiro atoms. The summed E-state index contributed by atoms with van der Waals surface area (Å²) in [6.07, 6.45) is -0.891. The van der Waals surface area contributed by atoms with E-state index in [9.17, 15) is 29.2 Å². The van der Waals surface area contributed by atoms with Gasteiger partial charge in [-0.1, -0.05) is 47.5 Å². The molecule has 27 heteroatoms. The van der Waals surface area contributed by atoms with Crippen LogP contribution in [-0.2, 0) is 50.9 Å². The number of carbonyl (C=O) groups excluding carboxylic acids is 2. The number of ether oxygens (including phenoxy) is 11. The number of nitro groups is 1. The average Bonchev–Trinajstić information content (AvgIpc) is 0.867. The van der Waals surface area contributed by atoms with Gasteiger partial charge in [-0.25, -0.2) is 14.1 Å². The second-order valence-electron chi connectivity index (χ2n) is 26.8. The molecule has 24 nitrogen and oxygen atoms in total. The first-order chi connectivity index (χ1) is 51.1. The largest absolute Gasteiger partial charge is 0.491 e. The van der Waals surface area contributed by atoms with Gasteiger partial charge in [0.25, 0.3) is 5.69 Å². The zero-order valence-electron chi connectivity index (χ0n) is 62.3. The summed E-state index contributed by atoms with van der Waals surface area (Å²) in [6, 6.07) is 40.5. The number of nitrogens with two attached hydrogens (primary N) is 1. The lowest BCUT2D eigenvalue weighted by molar-refractivity contribution is -0.385. The molecule has 0 unspecified atom stereocenters. The Bertz CT molecular complexity index is 4510. The first-order valence-electron chi connectivity index (χ1n) is 34.3. The summed E-state index contributed by atoms with van der Waals surface area (Å²) in [4.78, 5) is 41.9. The number of rotatable bonds is 22. The standard InChI is InChI=1S/C29H29ClN2O5.C26H25ClN2O5.C13H19NO3.C7H6FNO2.C6H12O3/c1-18-6-7-20(11-27(18)36-24-14-21(30)13-22(15-24)31-5)12-28(33)32-26-9-8-23(10-19(26)2)34-16-25-17-35-29(3,4)37-25;1-16-4-5-18(9-25(16)34-23-12-19(27)11-20(13-23)28-3)10-26(32)29-24-7-6-22(8-17(24)2)33-15-21(31)14-30;1-9-6-10(4-5-12(9)14)15-7-11-8-16-13(2,3)17-11;1-5-4-6(8)2-3-7(5)9(10)11;1-6(2)8-4-5(3-7)9-6/h6-11,13-15,25H,12,16-17H2,1-4H3,(H,32,33);4-9,11-13,21,30-31H,10,14-15H2,1-2H3,(H,29,32);4-6,11H,7-8,14H2,1-3H3;2-4H,1H3;5,7H,3-4H2,1-2H3/t25-;21-;11-;;5-/m101.1/s1. The number of halogens is 3. The van der Waals surface area contributed by atoms with Gasteiger partial charge in [0.2, 0.25) is 11.8 Å². The van der Waals surface area contributed by atoms with E-state index >= 15 is 0 Å². The first kappa shape index (κ1) is 85.3. The molecule has 0 bridgehead atoms. The molecule has 0 aromatic heterocycles. The van der Waals surface area contributed by atoms with Crippen LogP contribution in [0.5, 0.6) is 40.2 Å². The van der Waals surface area contributed by atoms with E-state index in [1.807, 2.05) is 143 Å². The van der Waals surface area contributed by atoms with Crippen LogP contribution in [0.25, 0.3) is 9.69 Å². The minimum Gasteiger partial charge on any atom is -0.491 e. The van der Waals surface area contributed by atoms with Gasteiger partial charge in [-0.3, -0.25) is 19.7 Å². The van der Waals surface area contributed by atoms with Crippen LogP contribution in [0.4, 0.5) is 38.5 Å². The highest BCUT2D eigenvalue weighted by Gasteiger charge is 2.35. The maximum atomic E-state index is 12.8. The van der Waals surface area contributed by atoms with E-state index in [4.69, 9.17) is 104 Å². The quantitative estimate of drug-likeness (QED) is 0.0159. The van der Waals surface area contributed by atoms with Crippen molar-refractivity contribution in [1.82, 2.24) is 0 Å². The summed E-state index contributed by atoms with van der Waals surface area (Å²) >= 11 is 12.2. The summed E-state index contributed by atoms with van der Waals surface area (Å²) < 4.78 is 74.1. The van der Waals surface area contributed by atoms with Crippen molar-refractivity contribution in [2.45, 2.75) is 138 Å². The number of benzene rings is 8. The minimum atomic E-state index is -0.948. The van der Waals surface area contributed by atoms with Crippen LogP contribution in [0, 0.1) is 70.6 Å². The Labute approximate surface area is 638 Å². The lowest BCUT2D eigenvalue weighted by Gasteiger charge is -2.17. The second kappa shape index (κ2) is 39.8. The molecular formula is C81H91Cl2FN6O18. The molecule has 8 aromatic carbocycles. The van der Waals surface area contributed by atoms with Crippen LogP contribution in [-0.4, -0.2) is 127 Å². The second-order valence-corrected chi connectivity index (χ2v) is 27.7. The highest BCUT2D eigenvalue weighted by Crippen LogP contribution is 2.36. The highest BCUT2D eigenvalue weighted by atomic mass is 35.5. The van der Waals surface area contributed by atoms with Gasteiger partial charge in [0.1, 0.15) is 90.3 Å². The van der Waals surface area contributed by atoms with Crippen molar-refractivity contribution in [2.75, 3.05) is 69.2 Å². The van der Waals surface area contributed by atoms with Gasteiger partial charge < -0.3 is 83.8 Å². The molecule has 0 saturated carbocycles. The van der Waals surface area contributed by atoms with E-state index in [0.717, 1.165) is 68.6 Å². The summed E-state index contributed by atoms with van der Waals surface area (Å²) in [5.74, 6) is 1.77. The number of aliphatic hydroxyl groups is 3. The third-order valence-corrected chi connectivity index (χ3v) is 16.6. The molecule has 0 aliphatic carbocycles. The van der Waals surface area contributed by atoms with E-state index in [2.05, 4.69) is 20.3 Å². The Morgan fingerprint density at radius 1 is 0.565 bits per heavy atom. The van der Waals surface area contributed by atoms with Crippen LogP contribution in [0.1, 0.15) is 86.1 Å². The Kier molecular flexibility index (Phi) is 31.4. The zero-order valence-corrected chi connectivity index (χ0v) is 63.8. The van der Waals surface area contributed by atoms with Crippen molar-refractivity contribution in [3.63, 3.8) is 0 Å². The third kappa shape index (κ3) is 28.0. The minimum absolute atomic E-state index is 0.0112. The smallest absolute Gasteiger partial charge is 0.272 e. The van der Waals surface area contributed by atoms with Gasteiger partial charge in [0.15, 0.2) is 28.7 Å². The van der Waals surface area contributed by atoms with Crippen molar-refractivity contribution in [1.29, 1.82) is 0 Å². The lowest BCUT2D eigenvalue weighted by Crippen LogP contribution is -2.25. The number of nitrogen functional groups attached to an aromatic ring is 1. The Balaban J connectivity index is 0.000000207. The Morgan fingerprint density at radius 3 is 1.36 bits per heavy atom. The molecule has 11 rings (SSSR count). The molecule has 7 N–H and O–H groups in total. The van der Waals surface area contributed by atoms with E-state index < -0.39 is 34.2 Å². The van der Waals surface area contributed by atoms with Crippen LogP contribution >= 0.6 is 23.2 Å². The molecular weight excluding hydrogens is 1430 g/mol. The normalized spacial score (nSPS) is 16.4. The summed E-state index contributed by atoms with van der Waals surface area (Å²) in [5.41, 5.74) is 15.0. The topological polar surface area (TPSA) is 298 Å². The monoisotopic (exact) mass is 1520 g/mol. The number of nitrogens with zero attached hydrogens (tertiary/aromatic N) is 3. The number of hydrogen-bond acceptors (Lipinski definition) is 19. The molecule has 3 heterocycles. The predicted molar refractivity (Wildman–Crippen MR) is 410 cm³/mol. The van der Waals surface area contributed by atoms with Crippen molar-refractivity contribution in [2.24, 2.45) is 0 Å². The molecule has 3 aliphatic rings. The van der Waals surface area contributed by atoms with Crippen molar-refractivity contribution >= 4 is 69.1 Å². The zero-order chi connectivity index (χ0) is 79.0. The Hall–Kier alpha value is -9.97.